The van der Waals surface area contributed by atoms with Crippen molar-refractivity contribution < 1.29 is 13.2 Å². The third-order valence-corrected chi connectivity index (χ3v) is 5.50. The third-order valence-electron chi connectivity index (χ3n) is 3.49. The monoisotopic (exact) mass is 332 g/mol. The van der Waals surface area contributed by atoms with Crippen molar-refractivity contribution in [1.29, 1.82) is 0 Å². The molecule has 118 valence electrons. The Bertz CT molecular complexity index is 598. The summed E-state index contributed by atoms with van der Waals surface area (Å²) in [5, 5.41) is 3.71. The summed E-state index contributed by atoms with van der Waals surface area (Å²) >= 11 is 6.10. The Morgan fingerprint density at radius 2 is 2.19 bits per heavy atom. The molecule has 1 saturated heterocycles. The molecule has 0 bridgehead atoms. The second kappa shape index (κ2) is 6.62. The smallest absolute Gasteiger partial charge is 0.241 e. The van der Waals surface area contributed by atoms with E-state index in [2.05, 4.69) is 10.0 Å². The van der Waals surface area contributed by atoms with Crippen molar-refractivity contribution in [1.82, 2.24) is 10.0 Å². The molecule has 2 rings (SSSR count). The van der Waals surface area contributed by atoms with Crippen molar-refractivity contribution in [2.75, 3.05) is 19.8 Å². The predicted octanol–water partition coefficient (Wildman–Crippen LogP) is 1.91. The predicted molar refractivity (Wildman–Crippen MR) is 83.0 cm³/mol. The molecule has 21 heavy (non-hydrogen) atoms. The number of nitrogens with one attached hydrogen (secondary N) is 2. The van der Waals surface area contributed by atoms with Crippen LogP contribution in [0.4, 0.5) is 0 Å². The molecule has 5 nitrogen and oxygen atoms in total. The van der Waals surface area contributed by atoms with Crippen LogP contribution >= 0.6 is 11.6 Å². The van der Waals surface area contributed by atoms with Crippen LogP contribution in [0.2, 0.25) is 5.02 Å². The number of halogens is 1. The van der Waals surface area contributed by atoms with Crippen LogP contribution in [0.1, 0.15) is 25.8 Å². The quantitative estimate of drug-likeness (QED) is 0.835. The molecular weight excluding hydrogens is 312 g/mol. The molecule has 0 aromatic heterocycles. The van der Waals surface area contributed by atoms with Gasteiger partial charge in [-0.3, -0.25) is 0 Å². The van der Waals surface area contributed by atoms with Gasteiger partial charge < -0.3 is 10.1 Å². The molecule has 1 aromatic carbocycles. The lowest BCUT2D eigenvalue weighted by atomic mass is 10.0. The largest absolute Gasteiger partial charge is 0.379 e. The summed E-state index contributed by atoms with van der Waals surface area (Å²) < 4.78 is 33.0. The Hall–Kier alpha value is -0.660. The normalized spacial score (nSPS) is 22.6. The highest BCUT2D eigenvalue weighted by Crippen LogP contribution is 2.24. The first-order valence-corrected chi connectivity index (χ1v) is 8.83. The summed E-state index contributed by atoms with van der Waals surface area (Å²) in [4.78, 5) is 0.230. The second-order valence-corrected chi connectivity index (χ2v) is 7.59. The molecule has 0 amide bonds. The van der Waals surface area contributed by atoms with Crippen LogP contribution in [0, 0.1) is 0 Å². The van der Waals surface area contributed by atoms with Crippen molar-refractivity contribution in [3.05, 3.63) is 28.8 Å². The van der Waals surface area contributed by atoms with Gasteiger partial charge >= 0.3 is 0 Å². The van der Waals surface area contributed by atoms with Gasteiger partial charge in [0.05, 0.1) is 17.0 Å². The zero-order valence-corrected chi connectivity index (χ0v) is 13.9. The first kappa shape index (κ1) is 16.7. The van der Waals surface area contributed by atoms with E-state index in [1.54, 1.807) is 12.1 Å². The minimum absolute atomic E-state index is 0.230. The van der Waals surface area contributed by atoms with Crippen LogP contribution < -0.4 is 10.0 Å². The summed E-state index contributed by atoms with van der Waals surface area (Å²) in [5.41, 5.74) is 0.231. The molecule has 1 fully saturated rings. The lowest BCUT2D eigenvalue weighted by Crippen LogP contribution is -2.46. The summed E-state index contributed by atoms with van der Waals surface area (Å²) in [7, 11) is -3.58. The zero-order valence-electron chi connectivity index (χ0n) is 12.3. The van der Waals surface area contributed by atoms with E-state index in [9.17, 15) is 8.42 Å². The van der Waals surface area contributed by atoms with Crippen molar-refractivity contribution in [2.45, 2.75) is 37.2 Å². The van der Waals surface area contributed by atoms with E-state index in [-0.39, 0.29) is 4.90 Å². The molecule has 7 heteroatoms. The fourth-order valence-electron chi connectivity index (χ4n) is 2.24. The van der Waals surface area contributed by atoms with Crippen molar-refractivity contribution in [3.63, 3.8) is 0 Å². The topological polar surface area (TPSA) is 67.4 Å². The van der Waals surface area contributed by atoms with Crippen LogP contribution in [-0.2, 0) is 21.3 Å². The van der Waals surface area contributed by atoms with E-state index < -0.39 is 15.6 Å². The maximum Gasteiger partial charge on any atom is 0.241 e. The highest BCUT2D eigenvalue weighted by atomic mass is 35.5. The lowest BCUT2D eigenvalue weighted by Gasteiger charge is -2.23. The minimum atomic E-state index is -3.58. The Morgan fingerprint density at radius 1 is 1.43 bits per heavy atom. The standard InChI is InChI=1S/C14H21ClN2O3S/c1-3-16-9-11-8-12(4-5-13(11)15)21(18,19)17-14(2)6-7-20-10-14/h4-5,8,16-17H,3,6-7,9-10H2,1-2H3. The Kier molecular flexibility index (Phi) is 5.27. The Morgan fingerprint density at radius 3 is 2.81 bits per heavy atom. The number of rotatable bonds is 6. The highest BCUT2D eigenvalue weighted by Gasteiger charge is 2.34. The van der Waals surface area contributed by atoms with E-state index in [0.717, 1.165) is 12.1 Å². The van der Waals surface area contributed by atoms with Gasteiger partial charge in [0, 0.05) is 18.2 Å². The van der Waals surface area contributed by atoms with Crippen LogP contribution in [0.3, 0.4) is 0 Å². The number of sulfonamides is 1. The van der Waals surface area contributed by atoms with E-state index >= 15 is 0 Å². The molecule has 1 aliphatic heterocycles. The summed E-state index contributed by atoms with van der Waals surface area (Å²) in [6.45, 7) is 6.14. The summed E-state index contributed by atoms with van der Waals surface area (Å²) in [6.07, 6.45) is 0.671. The van der Waals surface area contributed by atoms with Crippen molar-refractivity contribution in [3.8, 4) is 0 Å². The van der Waals surface area contributed by atoms with Gasteiger partial charge in [0.2, 0.25) is 10.0 Å². The van der Waals surface area contributed by atoms with Gasteiger partial charge in [0.1, 0.15) is 0 Å². The molecule has 0 aliphatic carbocycles. The fraction of sp³-hybridized carbons (Fsp3) is 0.571. The maximum atomic E-state index is 12.5. The van der Waals surface area contributed by atoms with Gasteiger partial charge in [0.25, 0.3) is 0 Å². The van der Waals surface area contributed by atoms with Gasteiger partial charge in [0.15, 0.2) is 0 Å². The molecule has 1 aromatic rings. The molecule has 0 spiro atoms. The summed E-state index contributed by atoms with van der Waals surface area (Å²) in [5.74, 6) is 0. The van der Waals surface area contributed by atoms with E-state index in [4.69, 9.17) is 16.3 Å². The van der Waals surface area contributed by atoms with Crippen LogP contribution in [-0.4, -0.2) is 33.7 Å². The average molecular weight is 333 g/mol. The zero-order chi connectivity index (χ0) is 15.5. The number of benzene rings is 1. The van der Waals surface area contributed by atoms with Crippen molar-refractivity contribution >= 4 is 21.6 Å². The minimum Gasteiger partial charge on any atom is -0.379 e. The molecular formula is C14H21ClN2O3S. The SMILES string of the molecule is CCNCc1cc(S(=O)(=O)NC2(C)CCOC2)ccc1Cl. The van der Waals surface area contributed by atoms with Crippen molar-refractivity contribution in [2.24, 2.45) is 0 Å². The Labute approximate surface area is 131 Å². The highest BCUT2D eigenvalue weighted by molar-refractivity contribution is 7.89. The number of ether oxygens (including phenoxy) is 1. The van der Waals surface area contributed by atoms with E-state index in [1.165, 1.54) is 6.07 Å². The van der Waals surface area contributed by atoms with Gasteiger partial charge in [-0.25, -0.2) is 13.1 Å². The van der Waals surface area contributed by atoms with Gasteiger partial charge in [-0.05, 0) is 43.7 Å². The first-order chi connectivity index (χ1) is 9.86. The molecule has 1 atom stereocenters. The van der Waals surface area contributed by atoms with Crippen LogP contribution in [0.5, 0.6) is 0 Å². The van der Waals surface area contributed by atoms with Gasteiger partial charge in [-0.1, -0.05) is 18.5 Å². The van der Waals surface area contributed by atoms with Crippen LogP contribution in [0.25, 0.3) is 0 Å². The third kappa shape index (κ3) is 4.17. The summed E-state index contributed by atoms with van der Waals surface area (Å²) in [6, 6.07) is 4.77. The number of hydrogen-bond donors (Lipinski definition) is 2. The molecule has 2 N–H and O–H groups in total. The molecule has 0 saturated carbocycles. The molecule has 1 heterocycles. The average Bonchev–Trinajstić information content (AvgIpc) is 2.83. The molecule has 0 radical (unpaired) electrons. The van der Waals surface area contributed by atoms with Gasteiger partial charge in [-0.2, -0.15) is 0 Å². The maximum absolute atomic E-state index is 12.5. The second-order valence-electron chi connectivity index (χ2n) is 5.50. The molecule has 1 unspecified atom stereocenters. The van der Waals surface area contributed by atoms with E-state index in [0.29, 0.717) is 31.2 Å². The van der Waals surface area contributed by atoms with Gasteiger partial charge in [-0.15, -0.1) is 0 Å². The molecule has 1 aliphatic rings. The number of hydrogen-bond acceptors (Lipinski definition) is 4. The van der Waals surface area contributed by atoms with Crippen LogP contribution in [0.15, 0.2) is 23.1 Å². The van der Waals surface area contributed by atoms with E-state index in [1.807, 2.05) is 13.8 Å². The Balaban J connectivity index is 2.23. The fourth-order valence-corrected chi connectivity index (χ4v) is 3.90. The first-order valence-electron chi connectivity index (χ1n) is 6.97. The lowest BCUT2D eigenvalue weighted by molar-refractivity contribution is 0.178.